The summed E-state index contributed by atoms with van der Waals surface area (Å²) in [6.07, 6.45) is 4.26. The molecular weight excluding hydrogens is 372 g/mol. The van der Waals surface area contributed by atoms with E-state index in [1.54, 1.807) is 23.2 Å². The summed E-state index contributed by atoms with van der Waals surface area (Å²) in [6, 6.07) is 9.00. The molecule has 0 saturated carbocycles. The maximum absolute atomic E-state index is 12.9. The number of fused-ring (bicyclic) bond motifs is 2. The van der Waals surface area contributed by atoms with Crippen molar-refractivity contribution in [1.29, 1.82) is 0 Å². The summed E-state index contributed by atoms with van der Waals surface area (Å²) in [5, 5.41) is 0. The Bertz CT molecular complexity index is 743. The molecule has 0 aliphatic carbocycles. The lowest BCUT2D eigenvalue weighted by Crippen LogP contribution is -2.62. The van der Waals surface area contributed by atoms with Crippen LogP contribution in [-0.2, 0) is 20.8 Å². The van der Waals surface area contributed by atoms with E-state index in [-0.39, 0.29) is 36.9 Å². The van der Waals surface area contributed by atoms with Crippen LogP contribution in [0.4, 0.5) is 9.59 Å². The first-order valence-electron chi connectivity index (χ1n) is 9.98. The number of methoxy groups -OCH3 is 1. The minimum atomic E-state index is -0.569. The third-order valence-electron chi connectivity index (χ3n) is 5.16. The highest BCUT2D eigenvalue weighted by atomic mass is 16.6. The van der Waals surface area contributed by atoms with Crippen LogP contribution in [0.1, 0.15) is 39.2 Å². The number of carbonyl (C=O) groups is 2. The van der Waals surface area contributed by atoms with Crippen LogP contribution in [0.5, 0.6) is 0 Å². The Kier molecular flexibility index (Phi) is 6.35. The minimum Gasteiger partial charge on any atom is -0.505 e. The summed E-state index contributed by atoms with van der Waals surface area (Å²) in [4.78, 5) is 29.1. The molecule has 3 atom stereocenters. The van der Waals surface area contributed by atoms with Crippen LogP contribution in [0.3, 0.4) is 0 Å². The Labute approximate surface area is 172 Å². The van der Waals surface area contributed by atoms with Gasteiger partial charge in [0.25, 0.3) is 0 Å². The van der Waals surface area contributed by atoms with Crippen LogP contribution in [0.15, 0.2) is 42.7 Å². The number of amides is 2. The maximum atomic E-state index is 12.9. The number of hydrogen-bond donors (Lipinski definition) is 0. The Morgan fingerprint density at radius 3 is 2.52 bits per heavy atom. The number of carbonyl (C=O) groups excluding carboxylic acids is 2. The van der Waals surface area contributed by atoms with Gasteiger partial charge in [-0.1, -0.05) is 30.3 Å². The first-order valence-corrected chi connectivity index (χ1v) is 9.98. The predicted octanol–water partition coefficient (Wildman–Crippen LogP) is 3.94. The van der Waals surface area contributed by atoms with Gasteiger partial charge in [0, 0.05) is 6.54 Å². The fraction of sp³-hybridized carbons (Fsp3) is 0.545. The van der Waals surface area contributed by atoms with Crippen molar-refractivity contribution in [3.8, 4) is 0 Å². The van der Waals surface area contributed by atoms with Crippen LogP contribution in [0.2, 0.25) is 0 Å². The standard InChI is InChI=1S/C22H30N2O5/c1-22(2,3)29-21(26)24-17-10-11-19(24)18(12-13-27-4)23(14-17)20(25)28-15-16-8-6-5-7-9-16/h5-9,12-13,17-19H,10-11,14-15H2,1-4H3/t17-,18+,19+/m1/s1. The third kappa shape index (κ3) is 5.02. The second-order valence-electron chi connectivity index (χ2n) is 8.43. The first-order chi connectivity index (χ1) is 13.8. The fourth-order valence-electron chi connectivity index (χ4n) is 3.97. The summed E-state index contributed by atoms with van der Waals surface area (Å²) in [5.41, 5.74) is 0.361. The molecule has 29 heavy (non-hydrogen) atoms. The topological polar surface area (TPSA) is 68.3 Å². The molecule has 1 aromatic rings. The highest BCUT2D eigenvalue weighted by Gasteiger charge is 2.50. The van der Waals surface area contributed by atoms with E-state index in [9.17, 15) is 9.59 Å². The molecular formula is C22H30N2O5. The van der Waals surface area contributed by atoms with Crippen LogP contribution in [-0.4, -0.2) is 59.4 Å². The number of rotatable bonds is 4. The normalized spacial score (nSPS) is 23.9. The zero-order chi connectivity index (χ0) is 21.0. The molecule has 2 amide bonds. The average molecular weight is 402 g/mol. The van der Waals surface area contributed by atoms with Gasteiger partial charge in [-0.3, -0.25) is 9.80 Å². The van der Waals surface area contributed by atoms with Gasteiger partial charge >= 0.3 is 12.2 Å². The van der Waals surface area contributed by atoms with Gasteiger partial charge in [0.05, 0.1) is 31.5 Å². The molecule has 2 aliphatic rings. The lowest BCUT2D eigenvalue weighted by Gasteiger charge is -2.45. The lowest BCUT2D eigenvalue weighted by molar-refractivity contribution is -0.0159. The maximum Gasteiger partial charge on any atom is 0.410 e. The number of ether oxygens (including phenoxy) is 3. The minimum absolute atomic E-state index is 0.0775. The largest absolute Gasteiger partial charge is 0.505 e. The van der Waals surface area contributed by atoms with E-state index in [1.807, 2.05) is 57.2 Å². The number of likely N-dealkylation sites (tertiary alicyclic amines) is 1. The SMILES string of the molecule is COC=C[C@H]1[C@@H]2CC[C@H](CN1C(=O)OCc1ccccc1)N2C(=O)OC(C)(C)C. The van der Waals surface area contributed by atoms with Crippen molar-refractivity contribution in [3.63, 3.8) is 0 Å². The van der Waals surface area contributed by atoms with Crippen molar-refractivity contribution < 1.29 is 23.8 Å². The van der Waals surface area contributed by atoms with Crippen molar-refractivity contribution in [2.75, 3.05) is 13.7 Å². The fourth-order valence-corrected chi connectivity index (χ4v) is 3.97. The van der Waals surface area contributed by atoms with Crippen LogP contribution >= 0.6 is 0 Å². The van der Waals surface area contributed by atoms with Crippen molar-refractivity contribution in [2.24, 2.45) is 0 Å². The monoisotopic (exact) mass is 402 g/mol. The van der Waals surface area contributed by atoms with Crippen molar-refractivity contribution in [1.82, 2.24) is 9.80 Å². The summed E-state index contributed by atoms with van der Waals surface area (Å²) in [6.45, 7) is 6.18. The molecule has 0 radical (unpaired) electrons. The van der Waals surface area contributed by atoms with Crippen LogP contribution < -0.4 is 0 Å². The van der Waals surface area contributed by atoms with Gasteiger partial charge in [-0.05, 0) is 45.3 Å². The molecule has 2 heterocycles. The summed E-state index contributed by atoms with van der Waals surface area (Å²) < 4.78 is 16.3. The molecule has 3 rings (SSSR count). The van der Waals surface area contributed by atoms with Gasteiger partial charge in [-0.25, -0.2) is 9.59 Å². The van der Waals surface area contributed by atoms with Crippen molar-refractivity contribution >= 4 is 12.2 Å². The van der Waals surface area contributed by atoms with E-state index in [0.29, 0.717) is 6.54 Å². The second kappa shape index (κ2) is 8.76. The summed E-state index contributed by atoms with van der Waals surface area (Å²) in [5.74, 6) is 0. The summed E-state index contributed by atoms with van der Waals surface area (Å²) >= 11 is 0. The molecule has 7 heteroatoms. The van der Waals surface area contributed by atoms with Crippen LogP contribution in [0, 0.1) is 0 Å². The zero-order valence-corrected chi connectivity index (χ0v) is 17.5. The van der Waals surface area contributed by atoms with E-state index >= 15 is 0 Å². The lowest BCUT2D eigenvalue weighted by atomic mass is 10.0. The van der Waals surface area contributed by atoms with E-state index in [4.69, 9.17) is 14.2 Å². The Balaban J connectivity index is 1.74. The van der Waals surface area contributed by atoms with E-state index in [1.165, 1.54) is 0 Å². The Hall–Kier alpha value is -2.70. The smallest absolute Gasteiger partial charge is 0.410 e. The Morgan fingerprint density at radius 2 is 1.86 bits per heavy atom. The molecule has 0 spiro atoms. The number of nitrogens with zero attached hydrogens (tertiary/aromatic N) is 2. The summed E-state index contributed by atoms with van der Waals surface area (Å²) in [7, 11) is 1.56. The number of piperazine rings is 1. The van der Waals surface area contributed by atoms with E-state index < -0.39 is 5.60 Å². The number of benzene rings is 1. The molecule has 2 fully saturated rings. The zero-order valence-electron chi connectivity index (χ0n) is 17.5. The van der Waals surface area contributed by atoms with Crippen molar-refractivity contribution in [2.45, 2.75) is 63.9 Å². The van der Waals surface area contributed by atoms with Gasteiger partial charge in [0.15, 0.2) is 0 Å². The van der Waals surface area contributed by atoms with E-state index in [2.05, 4.69) is 0 Å². The van der Waals surface area contributed by atoms with Gasteiger partial charge < -0.3 is 14.2 Å². The molecule has 7 nitrogen and oxygen atoms in total. The van der Waals surface area contributed by atoms with Gasteiger partial charge in [-0.2, -0.15) is 0 Å². The molecule has 2 aliphatic heterocycles. The Morgan fingerprint density at radius 1 is 1.14 bits per heavy atom. The third-order valence-corrected chi connectivity index (χ3v) is 5.16. The van der Waals surface area contributed by atoms with Crippen molar-refractivity contribution in [3.05, 3.63) is 48.2 Å². The molecule has 2 bridgehead atoms. The molecule has 158 valence electrons. The average Bonchev–Trinajstić information content (AvgIpc) is 3.00. The molecule has 1 aromatic carbocycles. The van der Waals surface area contributed by atoms with Gasteiger partial charge in [0.2, 0.25) is 0 Å². The second-order valence-corrected chi connectivity index (χ2v) is 8.43. The van der Waals surface area contributed by atoms with Gasteiger partial charge in [0.1, 0.15) is 12.2 Å². The van der Waals surface area contributed by atoms with Crippen LogP contribution in [0.25, 0.3) is 0 Å². The number of hydrogen-bond acceptors (Lipinski definition) is 5. The molecule has 2 saturated heterocycles. The highest BCUT2D eigenvalue weighted by Crippen LogP contribution is 2.36. The van der Waals surface area contributed by atoms with E-state index in [0.717, 1.165) is 18.4 Å². The molecule has 0 aromatic heterocycles. The first kappa shape index (κ1) is 21.0. The molecule has 0 unspecified atom stereocenters. The predicted molar refractivity (Wildman–Crippen MR) is 108 cm³/mol. The highest BCUT2D eigenvalue weighted by molar-refractivity contribution is 5.73. The quantitative estimate of drug-likeness (QED) is 0.714. The molecule has 0 N–H and O–H groups in total. The van der Waals surface area contributed by atoms with Gasteiger partial charge in [-0.15, -0.1) is 0 Å².